The van der Waals surface area contributed by atoms with E-state index >= 15 is 0 Å². The van der Waals surface area contributed by atoms with Crippen LogP contribution in [0.2, 0.25) is 5.02 Å². The number of carbonyl (C=O) groups is 1. The molecule has 1 aromatic carbocycles. The summed E-state index contributed by atoms with van der Waals surface area (Å²) in [6.07, 6.45) is 3.47. The third-order valence-electron chi connectivity index (χ3n) is 5.20. The van der Waals surface area contributed by atoms with Crippen LogP contribution in [0.15, 0.2) is 29.4 Å². The van der Waals surface area contributed by atoms with Gasteiger partial charge in [0.25, 0.3) is 0 Å². The van der Waals surface area contributed by atoms with Gasteiger partial charge in [-0.1, -0.05) is 50.1 Å². The van der Waals surface area contributed by atoms with Gasteiger partial charge in [-0.25, -0.2) is 0 Å². The number of halogens is 1. The lowest BCUT2D eigenvalue weighted by molar-refractivity contribution is -0.121. The molecule has 1 aliphatic carbocycles. The molecular formula is C18H24ClN5OS. The molecule has 2 aromatic rings. The number of nitrogens with zero attached hydrogens (tertiary/aromatic N) is 4. The highest BCUT2D eigenvalue weighted by atomic mass is 35.5. The van der Waals surface area contributed by atoms with Gasteiger partial charge in [-0.3, -0.25) is 4.79 Å². The highest BCUT2D eigenvalue weighted by Gasteiger charge is 2.30. The van der Waals surface area contributed by atoms with Crippen molar-refractivity contribution in [3.63, 3.8) is 0 Å². The van der Waals surface area contributed by atoms with Crippen LogP contribution in [0.3, 0.4) is 0 Å². The number of rotatable bonds is 5. The van der Waals surface area contributed by atoms with Gasteiger partial charge in [0.1, 0.15) is 0 Å². The average molecular weight is 394 g/mol. The number of thioether (sulfide) groups is 1. The Balaban J connectivity index is 1.65. The second-order valence-electron chi connectivity index (χ2n) is 6.99. The van der Waals surface area contributed by atoms with Crippen molar-refractivity contribution < 1.29 is 4.79 Å². The molecule has 1 aliphatic rings. The van der Waals surface area contributed by atoms with E-state index in [0.717, 1.165) is 12.1 Å². The Hall–Kier alpha value is -1.60. The van der Waals surface area contributed by atoms with E-state index in [0.29, 0.717) is 22.0 Å². The Bertz CT molecular complexity index is 750. The van der Waals surface area contributed by atoms with Gasteiger partial charge in [-0.15, -0.1) is 5.10 Å². The summed E-state index contributed by atoms with van der Waals surface area (Å²) in [6.45, 7) is 6.38. The zero-order chi connectivity index (χ0) is 18.7. The van der Waals surface area contributed by atoms with E-state index < -0.39 is 0 Å². The van der Waals surface area contributed by atoms with Crippen molar-refractivity contribution in [2.45, 2.75) is 56.5 Å². The fourth-order valence-electron chi connectivity index (χ4n) is 3.29. The lowest BCUT2D eigenvalue weighted by Gasteiger charge is -2.35. The third-order valence-corrected chi connectivity index (χ3v) is 6.48. The maximum atomic E-state index is 12.7. The standard InChI is InChI=1S/C18H24ClN5OS/c1-11-5-4-6-16(12(11)2)20-17(25)13(3)26-18-21-22-23-24(18)15-9-7-14(19)8-10-15/h7-13,16H,4-6H2,1-3H3,(H,20,25). The molecule has 1 saturated carbocycles. The first-order valence-corrected chi connectivity index (χ1v) is 10.2. The molecule has 26 heavy (non-hydrogen) atoms. The van der Waals surface area contributed by atoms with E-state index in [1.807, 2.05) is 19.1 Å². The molecule has 8 heteroatoms. The Morgan fingerprint density at radius 2 is 2.04 bits per heavy atom. The summed E-state index contributed by atoms with van der Waals surface area (Å²) in [6, 6.07) is 7.52. The van der Waals surface area contributed by atoms with Gasteiger partial charge in [-0.05, 0) is 59.9 Å². The van der Waals surface area contributed by atoms with Crippen molar-refractivity contribution in [1.29, 1.82) is 0 Å². The van der Waals surface area contributed by atoms with Crippen molar-refractivity contribution in [3.8, 4) is 5.69 Å². The van der Waals surface area contributed by atoms with Crippen LogP contribution >= 0.6 is 23.4 Å². The van der Waals surface area contributed by atoms with Crippen LogP contribution in [-0.4, -0.2) is 37.4 Å². The molecule has 0 bridgehead atoms. The van der Waals surface area contributed by atoms with Gasteiger partial charge in [-0.2, -0.15) is 4.68 Å². The van der Waals surface area contributed by atoms with Gasteiger partial charge in [0, 0.05) is 11.1 Å². The number of tetrazole rings is 1. The Morgan fingerprint density at radius 3 is 2.77 bits per heavy atom. The number of nitrogens with one attached hydrogen (secondary N) is 1. The lowest BCUT2D eigenvalue weighted by Crippen LogP contribution is -2.46. The molecule has 0 spiro atoms. The van der Waals surface area contributed by atoms with E-state index in [9.17, 15) is 4.79 Å². The Labute approximate surface area is 163 Å². The summed E-state index contributed by atoms with van der Waals surface area (Å²) >= 11 is 7.29. The minimum atomic E-state index is -0.281. The van der Waals surface area contributed by atoms with E-state index in [2.05, 4.69) is 34.7 Å². The van der Waals surface area contributed by atoms with E-state index in [-0.39, 0.29) is 17.2 Å². The van der Waals surface area contributed by atoms with Crippen molar-refractivity contribution in [2.75, 3.05) is 0 Å². The maximum absolute atomic E-state index is 12.7. The average Bonchev–Trinajstić information content (AvgIpc) is 3.07. The second-order valence-corrected chi connectivity index (χ2v) is 8.74. The fourth-order valence-corrected chi connectivity index (χ4v) is 4.24. The number of amides is 1. The largest absolute Gasteiger partial charge is 0.352 e. The van der Waals surface area contributed by atoms with Crippen LogP contribution in [-0.2, 0) is 4.79 Å². The van der Waals surface area contributed by atoms with Gasteiger partial charge >= 0.3 is 0 Å². The second kappa shape index (κ2) is 8.39. The van der Waals surface area contributed by atoms with Crippen LogP contribution in [0, 0.1) is 11.8 Å². The Morgan fingerprint density at radius 1 is 1.31 bits per heavy atom. The first-order valence-electron chi connectivity index (χ1n) is 8.97. The summed E-state index contributed by atoms with van der Waals surface area (Å²) in [5.74, 6) is 1.19. The molecule has 1 N–H and O–H groups in total. The van der Waals surface area contributed by atoms with Crippen molar-refractivity contribution in [3.05, 3.63) is 29.3 Å². The fraction of sp³-hybridized carbons (Fsp3) is 0.556. The monoisotopic (exact) mass is 393 g/mol. The quantitative estimate of drug-likeness (QED) is 0.783. The molecule has 1 aromatic heterocycles. The van der Waals surface area contributed by atoms with Crippen LogP contribution in [0.4, 0.5) is 0 Å². The van der Waals surface area contributed by atoms with Crippen LogP contribution < -0.4 is 5.32 Å². The molecule has 1 amide bonds. The minimum Gasteiger partial charge on any atom is -0.352 e. The number of aromatic nitrogens is 4. The molecule has 4 atom stereocenters. The van der Waals surface area contributed by atoms with Gasteiger partial charge in [0.05, 0.1) is 10.9 Å². The van der Waals surface area contributed by atoms with Gasteiger partial charge < -0.3 is 5.32 Å². The molecule has 1 heterocycles. The van der Waals surface area contributed by atoms with Crippen molar-refractivity contribution in [2.24, 2.45) is 11.8 Å². The van der Waals surface area contributed by atoms with E-state index in [1.165, 1.54) is 24.6 Å². The van der Waals surface area contributed by atoms with Crippen molar-refractivity contribution in [1.82, 2.24) is 25.5 Å². The van der Waals surface area contributed by atoms with Gasteiger partial charge in [0.2, 0.25) is 11.1 Å². The SMILES string of the molecule is CC(Sc1nnnn1-c1ccc(Cl)cc1)C(=O)NC1CCCC(C)C1C. The summed E-state index contributed by atoms with van der Waals surface area (Å²) in [7, 11) is 0. The number of hydrogen-bond acceptors (Lipinski definition) is 5. The summed E-state index contributed by atoms with van der Waals surface area (Å²) in [5.41, 5.74) is 0.809. The van der Waals surface area contributed by atoms with E-state index in [1.54, 1.807) is 16.8 Å². The summed E-state index contributed by atoms with van der Waals surface area (Å²) in [5, 5.41) is 16.0. The number of carbonyl (C=O) groups excluding carboxylic acids is 1. The normalized spacial score (nSPS) is 24.2. The van der Waals surface area contributed by atoms with Crippen LogP contribution in [0.1, 0.15) is 40.0 Å². The molecule has 140 valence electrons. The predicted molar refractivity (Wildman–Crippen MR) is 104 cm³/mol. The zero-order valence-electron chi connectivity index (χ0n) is 15.2. The maximum Gasteiger partial charge on any atom is 0.233 e. The number of benzene rings is 1. The molecule has 0 saturated heterocycles. The van der Waals surface area contributed by atoms with Crippen LogP contribution in [0.5, 0.6) is 0 Å². The lowest BCUT2D eigenvalue weighted by atomic mass is 9.78. The predicted octanol–water partition coefficient (Wildman–Crippen LogP) is 3.74. The summed E-state index contributed by atoms with van der Waals surface area (Å²) in [4.78, 5) is 12.7. The minimum absolute atomic E-state index is 0.0339. The molecule has 0 aliphatic heterocycles. The zero-order valence-corrected chi connectivity index (χ0v) is 16.8. The highest BCUT2D eigenvalue weighted by Crippen LogP contribution is 2.30. The van der Waals surface area contributed by atoms with Crippen molar-refractivity contribution >= 4 is 29.3 Å². The van der Waals surface area contributed by atoms with Gasteiger partial charge in [0.15, 0.2) is 0 Å². The van der Waals surface area contributed by atoms with E-state index in [4.69, 9.17) is 11.6 Å². The molecule has 6 nitrogen and oxygen atoms in total. The summed E-state index contributed by atoms with van der Waals surface area (Å²) < 4.78 is 1.62. The third kappa shape index (κ3) is 4.38. The topological polar surface area (TPSA) is 72.7 Å². The molecular weight excluding hydrogens is 370 g/mol. The first-order chi connectivity index (χ1) is 12.5. The highest BCUT2D eigenvalue weighted by molar-refractivity contribution is 8.00. The molecule has 1 fully saturated rings. The number of hydrogen-bond donors (Lipinski definition) is 1. The smallest absolute Gasteiger partial charge is 0.233 e. The first kappa shape index (κ1) is 19.2. The molecule has 0 radical (unpaired) electrons. The molecule has 3 rings (SSSR count). The molecule has 4 unspecified atom stereocenters. The Kier molecular flexibility index (Phi) is 6.19. The van der Waals surface area contributed by atoms with Crippen LogP contribution in [0.25, 0.3) is 5.69 Å².